The minimum atomic E-state index is -0.609. The molecule has 0 spiro atoms. The van der Waals surface area contributed by atoms with E-state index >= 15 is 0 Å². The van der Waals surface area contributed by atoms with Crippen molar-refractivity contribution >= 4 is 40.0 Å². The van der Waals surface area contributed by atoms with Crippen LogP contribution < -0.4 is 9.64 Å². The number of rotatable bonds is 9. The van der Waals surface area contributed by atoms with Crippen molar-refractivity contribution in [3.05, 3.63) is 123 Å². The van der Waals surface area contributed by atoms with Gasteiger partial charge < -0.3 is 14.6 Å². The molecule has 2 heterocycles. The maximum absolute atomic E-state index is 14.0. The van der Waals surface area contributed by atoms with E-state index in [2.05, 4.69) is 13.0 Å². The van der Waals surface area contributed by atoms with Crippen LogP contribution in [0.5, 0.6) is 11.5 Å². The highest BCUT2D eigenvalue weighted by Gasteiger charge is 2.57. The Balaban J connectivity index is 1.17. The number of allylic oxidation sites excluding steroid dienone is 1. The molecule has 0 saturated carbocycles. The number of hydrogen-bond donors (Lipinski definition) is 1. The molecule has 9 heteroatoms. The van der Waals surface area contributed by atoms with Gasteiger partial charge in [0.15, 0.2) is 0 Å². The molecule has 238 valence electrons. The summed E-state index contributed by atoms with van der Waals surface area (Å²) in [5, 5.41) is 23.5. The van der Waals surface area contributed by atoms with E-state index in [0.29, 0.717) is 25.2 Å². The molecule has 3 aliphatic rings. The largest absolute Gasteiger partial charge is 0.507 e. The van der Waals surface area contributed by atoms with Crippen LogP contribution in [0, 0.1) is 27.9 Å². The van der Waals surface area contributed by atoms with E-state index in [4.69, 9.17) is 9.47 Å². The predicted molar refractivity (Wildman–Crippen MR) is 178 cm³/mol. The lowest BCUT2D eigenvalue weighted by Crippen LogP contribution is -2.35. The van der Waals surface area contributed by atoms with Crippen LogP contribution in [0.4, 0.5) is 11.4 Å². The number of amides is 2. The van der Waals surface area contributed by atoms with Gasteiger partial charge in [-0.15, -0.1) is 0 Å². The van der Waals surface area contributed by atoms with Crippen LogP contribution in [0.2, 0.25) is 0 Å². The number of ether oxygens (including phenoxy) is 2. The zero-order valence-corrected chi connectivity index (χ0v) is 25.9. The number of imide groups is 1. The minimum absolute atomic E-state index is 0.179. The van der Waals surface area contributed by atoms with Crippen LogP contribution in [0.3, 0.4) is 0 Å². The Hall–Kier alpha value is -5.28. The first-order chi connectivity index (χ1) is 22.8. The summed E-state index contributed by atoms with van der Waals surface area (Å²) in [7, 11) is 0. The van der Waals surface area contributed by atoms with Crippen molar-refractivity contribution in [3.63, 3.8) is 0 Å². The van der Waals surface area contributed by atoms with Crippen LogP contribution in [-0.2, 0) is 14.3 Å². The molecule has 1 N–H and O–H groups in total. The Morgan fingerprint density at radius 1 is 0.979 bits per heavy atom. The third-order valence-corrected chi connectivity index (χ3v) is 9.60. The molecular weight excluding hydrogens is 596 g/mol. The predicted octanol–water partition coefficient (Wildman–Crippen LogP) is 7.24. The van der Waals surface area contributed by atoms with Gasteiger partial charge in [-0.25, -0.2) is 4.90 Å². The van der Waals surface area contributed by atoms with Crippen molar-refractivity contribution in [2.24, 2.45) is 17.8 Å². The van der Waals surface area contributed by atoms with Crippen LogP contribution in [0.1, 0.15) is 31.7 Å². The van der Waals surface area contributed by atoms with Gasteiger partial charge >= 0.3 is 0 Å². The first kappa shape index (κ1) is 30.4. The SMILES string of the molecule is C/C(=C\c1ccc(O)c2ccccc12)CC[C@H]1OC[C@H]2C1=C(COc1ccccc1)C[C@H]1C(=O)N(c3cccc([N+](=O)[O-])c3)C(=O)[C@H]12. The Kier molecular flexibility index (Phi) is 8.07. The minimum Gasteiger partial charge on any atom is -0.507 e. The molecule has 0 bridgehead atoms. The fraction of sp³-hybridized carbons (Fsp3) is 0.263. The van der Waals surface area contributed by atoms with Crippen LogP contribution in [-0.4, -0.2) is 41.2 Å². The fourth-order valence-electron chi connectivity index (χ4n) is 7.42. The standard InChI is InChI=1S/C38H34N2O7/c1-23(18-24-15-16-33(41)30-13-6-5-12-29(24)30)14-17-34-35-25(21-46-28-10-3-2-4-11-28)19-31-36(32(35)22-47-34)38(43)39(37(31)42)26-8-7-9-27(20-26)40(44)45/h2-13,15-16,18,20,31-32,34,36,41H,14,17,19,21-22H2,1H3/b23-18+/t31-,32+,34-,36-/m1/s1. The highest BCUT2D eigenvalue weighted by Crippen LogP contribution is 2.51. The molecule has 47 heavy (non-hydrogen) atoms. The maximum Gasteiger partial charge on any atom is 0.271 e. The van der Waals surface area contributed by atoms with E-state index in [1.54, 1.807) is 12.1 Å². The highest BCUT2D eigenvalue weighted by molar-refractivity contribution is 6.22. The van der Waals surface area contributed by atoms with Crippen LogP contribution in [0.25, 0.3) is 16.8 Å². The van der Waals surface area contributed by atoms with Crippen molar-refractivity contribution in [2.75, 3.05) is 18.1 Å². The molecule has 1 aliphatic carbocycles. The number of aromatic hydroxyl groups is 1. The van der Waals surface area contributed by atoms with Crippen LogP contribution >= 0.6 is 0 Å². The number of nitrogens with zero attached hydrogens (tertiary/aromatic N) is 2. The lowest BCUT2D eigenvalue weighted by molar-refractivity contribution is -0.384. The number of phenolic OH excluding ortho intramolecular Hbond substituents is 1. The smallest absolute Gasteiger partial charge is 0.271 e. The molecule has 9 nitrogen and oxygen atoms in total. The molecule has 7 rings (SSSR count). The topological polar surface area (TPSA) is 119 Å². The molecule has 4 atom stereocenters. The second-order valence-electron chi connectivity index (χ2n) is 12.5. The molecule has 2 saturated heterocycles. The van der Waals surface area contributed by atoms with Gasteiger partial charge in [0, 0.05) is 23.4 Å². The van der Waals surface area contributed by atoms with E-state index in [1.165, 1.54) is 18.2 Å². The average molecular weight is 631 g/mol. The number of carbonyl (C=O) groups is 2. The average Bonchev–Trinajstić information content (AvgIpc) is 3.62. The van der Waals surface area contributed by atoms with Gasteiger partial charge in [0.1, 0.15) is 18.1 Å². The van der Waals surface area contributed by atoms with Gasteiger partial charge in [0.25, 0.3) is 5.69 Å². The Morgan fingerprint density at radius 2 is 1.74 bits per heavy atom. The summed E-state index contributed by atoms with van der Waals surface area (Å²) in [6.07, 6.45) is 3.67. The maximum atomic E-state index is 14.0. The zero-order valence-electron chi connectivity index (χ0n) is 25.9. The second kappa shape index (κ2) is 12.5. The van der Waals surface area contributed by atoms with E-state index < -0.39 is 16.8 Å². The molecule has 0 radical (unpaired) electrons. The normalized spacial score (nSPS) is 22.5. The molecule has 4 aromatic carbocycles. The quantitative estimate of drug-likeness (QED) is 0.0896. The summed E-state index contributed by atoms with van der Waals surface area (Å²) in [6, 6.07) is 26.6. The number of carbonyl (C=O) groups excluding carboxylic acids is 2. The summed E-state index contributed by atoms with van der Waals surface area (Å²) < 4.78 is 12.6. The summed E-state index contributed by atoms with van der Waals surface area (Å²) in [4.78, 5) is 39.8. The van der Waals surface area contributed by atoms with Crippen molar-refractivity contribution < 1.29 is 29.1 Å². The number of anilines is 1. The van der Waals surface area contributed by atoms with Gasteiger partial charge in [-0.3, -0.25) is 19.7 Å². The molecule has 0 aromatic heterocycles. The lowest BCUT2D eigenvalue weighted by atomic mass is 9.69. The first-order valence-electron chi connectivity index (χ1n) is 15.8. The zero-order chi connectivity index (χ0) is 32.7. The second-order valence-corrected chi connectivity index (χ2v) is 12.5. The van der Waals surface area contributed by atoms with E-state index in [1.807, 2.05) is 60.7 Å². The van der Waals surface area contributed by atoms with E-state index in [0.717, 1.165) is 44.4 Å². The molecule has 2 aliphatic heterocycles. The summed E-state index contributed by atoms with van der Waals surface area (Å²) in [6.45, 7) is 2.66. The lowest BCUT2D eigenvalue weighted by Gasteiger charge is -2.31. The fourth-order valence-corrected chi connectivity index (χ4v) is 7.42. The van der Waals surface area contributed by atoms with Crippen molar-refractivity contribution in [2.45, 2.75) is 32.3 Å². The van der Waals surface area contributed by atoms with E-state index in [9.17, 15) is 24.8 Å². The number of phenols is 1. The number of para-hydroxylation sites is 1. The number of benzene rings is 4. The van der Waals surface area contributed by atoms with Gasteiger partial charge in [0.2, 0.25) is 11.8 Å². The van der Waals surface area contributed by atoms with Crippen LogP contribution in [0.15, 0.2) is 108 Å². The molecular formula is C38H34N2O7. The Morgan fingerprint density at radius 3 is 2.53 bits per heavy atom. The van der Waals surface area contributed by atoms with Gasteiger partial charge in [-0.1, -0.05) is 66.2 Å². The third-order valence-electron chi connectivity index (χ3n) is 9.60. The number of fused-ring (bicyclic) bond motifs is 4. The van der Waals surface area contributed by atoms with Gasteiger partial charge in [-0.2, -0.15) is 0 Å². The van der Waals surface area contributed by atoms with Gasteiger partial charge in [0.05, 0.1) is 35.2 Å². The molecule has 0 unspecified atom stereocenters. The monoisotopic (exact) mass is 630 g/mol. The summed E-state index contributed by atoms with van der Waals surface area (Å²) >= 11 is 0. The molecule has 2 amide bonds. The van der Waals surface area contributed by atoms with Crippen molar-refractivity contribution in [1.29, 1.82) is 0 Å². The van der Waals surface area contributed by atoms with Gasteiger partial charge in [-0.05, 0) is 72.5 Å². The Labute approximate surface area is 271 Å². The third kappa shape index (κ3) is 5.67. The molecule has 2 fully saturated rings. The molecule has 4 aromatic rings. The van der Waals surface area contributed by atoms with Crippen molar-refractivity contribution in [1.82, 2.24) is 0 Å². The van der Waals surface area contributed by atoms with E-state index in [-0.39, 0.29) is 47.6 Å². The van der Waals surface area contributed by atoms with Crippen molar-refractivity contribution in [3.8, 4) is 11.5 Å². The Bertz CT molecular complexity index is 1950. The number of non-ortho nitro benzene ring substituents is 1. The number of nitro benzene ring substituents is 1. The summed E-state index contributed by atoms with van der Waals surface area (Å²) in [5.74, 6) is -1.23. The number of hydrogen-bond acceptors (Lipinski definition) is 7. The number of nitro groups is 1. The highest BCUT2D eigenvalue weighted by atomic mass is 16.6. The summed E-state index contributed by atoms with van der Waals surface area (Å²) in [5.41, 5.74) is 4.21. The first-order valence-corrected chi connectivity index (χ1v) is 15.8.